The first-order valence-corrected chi connectivity index (χ1v) is 33.4. The molecular formula is C73H124O6. The van der Waals surface area contributed by atoms with E-state index >= 15 is 0 Å². The largest absolute Gasteiger partial charge is 0.462 e. The first-order valence-electron chi connectivity index (χ1n) is 33.4. The van der Waals surface area contributed by atoms with Gasteiger partial charge >= 0.3 is 17.9 Å². The molecular weight excluding hydrogens is 973 g/mol. The quantitative estimate of drug-likeness (QED) is 0.0261. The van der Waals surface area contributed by atoms with E-state index in [0.717, 1.165) is 109 Å². The molecule has 79 heavy (non-hydrogen) atoms. The van der Waals surface area contributed by atoms with E-state index in [4.69, 9.17) is 14.2 Å². The Labute approximate surface area is 489 Å². The van der Waals surface area contributed by atoms with Gasteiger partial charge in [-0.2, -0.15) is 0 Å². The molecule has 0 aliphatic rings. The van der Waals surface area contributed by atoms with Crippen LogP contribution < -0.4 is 0 Å². The molecule has 0 aromatic rings. The van der Waals surface area contributed by atoms with Crippen molar-refractivity contribution in [2.75, 3.05) is 13.2 Å². The number of rotatable bonds is 60. The summed E-state index contributed by atoms with van der Waals surface area (Å²) in [5.74, 6) is -0.939. The van der Waals surface area contributed by atoms with Gasteiger partial charge < -0.3 is 14.2 Å². The summed E-state index contributed by atoms with van der Waals surface area (Å²) in [6.45, 7) is 6.49. The van der Waals surface area contributed by atoms with E-state index in [9.17, 15) is 14.4 Å². The fourth-order valence-corrected chi connectivity index (χ4v) is 9.24. The van der Waals surface area contributed by atoms with Crippen molar-refractivity contribution in [3.8, 4) is 0 Å². The Bertz CT molecular complexity index is 1590. The van der Waals surface area contributed by atoms with E-state index in [0.29, 0.717) is 19.3 Å². The molecule has 1 unspecified atom stereocenters. The van der Waals surface area contributed by atoms with E-state index in [-0.39, 0.29) is 31.1 Å². The standard InChI is InChI=1S/C73H124O6/c1-4-7-10-13-16-19-22-25-28-30-32-34-36-38-40-42-45-48-51-54-57-60-63-66-72(75)78-69-70(68-77-71(74)65-62-59-56-53-50-47-44-27-24-21-18-15-12-9-6-3)79-73(76)67-64-61-58-55-52-49-46-43-41-39-37-35-33-31-29-26-23-20-17-14-11-8-5-2/h9,12,18,21-23,25-27,30-33,36,38,44,50,53,70H,4-8,10-11,13-17,19-20,24,28-29,34-35,37,39-43,45-49,51-52,54-69H2,1-3H3/b12-9-,21-18-,25-22-,26-23-,32-30-,33-31-,38-36-,44-27-,53-50-. The molecule has 0 bridgehead atoms. The van der Waals surface area contributed by atoms with Gasteiger partial charge in [0.25, 0.3) is 0 Å². The van der Waals surface area contributed by atoms with Gasteiger partial charge in [-0.05, 0) is 128 Å². The molecule has 0 rings (SSSR count). The minimum absolute atomic E-state index is 0.0964. The fraction of sp³-hybridized carbons (Fsp3) is 0.712. The van der Waals surface area contributed by atoms with Crippen LogP contribution in [0.3, 0.4) is 0 Å². The predicted octanol–water partition coefficient (Wildman–Crippen LogP) is 23.0. The monoisotopic (exact) mass is 1100 g/mol. The van der Waals surface area contributed by atoms with E-state index in [1.165, 1.54) is 167 Å². The maximum absolute atomic E-state index is 12.9. The number of carbonyl (C=O) groups excluding carboxylic acids is 3. The van der Waals surface area contributed by atoms with Gasteiger partial charge in [-0.3, -0.25) is 14.4 Å². The average Bonchev–Trinajstić information content (AvgIpc) is 3.45. The smallest absolute Gasteiger partial charge is 0.306 e. The second kappa shape index (κ2) is 66.6. The third kappa shape index (κ3) is 64.8. The molecule has 6 nitrogen and oxygen atoms in total. The van der Waals surface area contributed by atoms with Crippen LogP contribution in [0, 0.1) is 0 Å². The third-order valence-corrected chi connectivity index (χ3v) is 14.2. The number of allylic oxidation sites excluding steroid dienone is 18. The van der Waals surface area contributed by atoms with Crippen molar-refractivity contribution in [3.63, 3.8) is 0 Å². The van der Waals surface area contributed by atoms with Crippen LogP contribution in [0.4, 0.5) is 0 Å². The molecule has 1 atom stereocenters. The minimum atomic E-state index is -0.803. The van der Waals surface area contributed by atoms with E-state index < -0.39 is 6.10 Å². The van der Waals surface area contributed by atoms with Crippen molar-refractivity contribution in [1.29, 1.82) is 0 Å². The molecule has 0 spiro atoms. The maximum atomic E-state index is 12.9. The Morgan fingerprint density at radius 2 is 0.494 bits per heavy atom. The van der Waals surface area contributed by atoms with Gasteiger partial charge in [-0.15, -0.1) is 0 Å². The average molecular weight is 1100 g/mol. The minimum Gasteiger partial charge on any atom is -0.462 e. The highest BCUT2D eigenvalue weighted by Crippen LogP contribution is 2.16. The summed E-state index contributed by atoms with van der Waals surface area (Å²) in [5, 5.41) is 0. The Morgan fingerprint density at radius 1 is 0.266 bits per heavy atom. The fourth-order valence-electron chi connectivity index (χ4n) is 9.24. The molecule has 0 saturated carbocycles. The molecule has 0 radical (unpaired) electrons. The van der Waals surface area contributed by atoms with E-state index in [1.807, 2.05) is 0 Å². The molecule has 452 valence electrons. The van der Waals surface area contributed by atoms with Crippen LogP contribution in [0.5, 0.6) is 0 Å². The molecule has 0 heterocycles. The highest BCUT2D eigenvalue weighted by atomic mass is 16.6. The maximum Gasteiger partial charge on any atom is 0.306 e. The highest BCUT2D eigenvalue weighted by molar-refractivity contribution is 5.71. The normalized spacial score (nSPS) is 12.8. The molecule has 0 fully saturated rings. The molecule has 0 aromatic carbocycles. The molecule has 0 amide bonds. The van der Waals surface area contributed by atoms with Gasteiger partial charge in [-0.1, -0.05) is 278 Å². The lowest BCUT2D eigenvalue weighted by atomic mass is 10.0. The summed E-state index contributed by atoms with van der Waals surface area (Å²) >= 11 is 0. The van der Waals surface area contributed by atoms with E-state index in [1.54, 1.807) is 0 Å². The molecule has 0 saturated heterocycles. The second-order valence-electron chi connectivity index (χ2n) is 22.0. The third-order valence-electron chi connectivity index (χ3n) is 14.2. The van der Waals surface area contributed by atoms with Crippen molar-refractivity contribution in [1.82, 2.24) is 0 Å². The van der Waals surface area contributed by atoms with Gasteiger partial charge in [0, 0.05) is 19.3 Å². The molecule has 0 N–H and O–H groups in total. The Balaban J connectivity index is 4.41. The van der Waals surface area contributed by atoms with Gasteiger partial charge in [0.2, 0.25) is 0 Å². The Kier molecular flexibility index (Phi) is 63.3. The van der Waals surface area contributed by atoms with Crippen LogP contribution in [-0.2, 0) is 28.6 Å². The zero-order valence-electron chi connectivity index (χ0n) is 51.9. The first-order chi connectivity index (χ1) is 39.0. The lowest BCUT2D eigenvalue weighted by Crippen LogP contribution is -2.30. The lowest BCUT2D eigenvalue weighted by molar-refractivity contribution is -0.167. The van der Waals surface area contributed by atoms with Crippen molar-refractivity contribution >= 4 is 17.9 Å². The van der Waals surface area contributed by atoms with Crippen molar-refractivity contribution in [3.05, 3.63) is 109 Å². The van der Waals surface area contributed by atoms with Crippen LogP contribution in [0.25, 0.3) is 0 Å². The topological polar surface area (TPSA) is 78.9 Å². The Morgan fingerprint density at radius 3 is 0.797 bits per heavy atom. The first kappa shape index (κ1) is 75.1. The van der Waals surface area contributed by atoms with Gasteiger partial charge in [0.05, 0.1) is 0 Å². The Hall–Kier alpha value is -3.93. The van der Waals surface area contributed by atoms with Crippen molar-refractivity contribution < 1.29 is 28.6 Å². The lowest BCUT2D eigenvalue weighted by Gasteiger charge is -2.18. The second-order valence-corrected chi connectivity index (χ2v) is 22.0. The van der Waals surface area contributed by atoms with Crippen LogP contribution in [-0.4, -0.2) is 37.2 Å². The summed E-state index contributed by atoms with van der Waals surface area (Å²) in [4.78, 5) is 38.4. The zero-order chi connectivity index (χ0) is 57.1. The highest BCUT2D eigenvalue weighted by Gasteiger charge is 2.19. The van der Waals surface area contributed by atoms with Crippen LogP contribution >= 0.6 is 0 Å². The molecule has 0 aliphatic carbocycles. The van der Waals surface area contributed by atoms with E-state index in [2.05, 4.69) is 130 Å². The van der Waals surface area contributed by atoms with Crippen LogP contribution in [0.15, 0.2) is 109 Å². The van der Waals surface area contributed by atoms with Crippen molar-refractivity contribution in [2.24, 2.45) is 0 Å². The van der Waals surface area contributed by atoms with Gasteiger partial charge in [-0.25, -0.2) is 0 Å². The summed E-state index contributed by atoms with van der Waals surface area (Å²) < 4.78 is 16.9. The van der Waals surface area contributed by atoms with Crippen molar-refractivity contribution in [2.45, 2.75) is 322 Å². The zero-order valence-corrected chi connectivity index (χ0v) is 51.9. The number of carbonyl (C=O) groups is 3. The number of unbranched alkanes of at least 4 members (excludes halogenated alkanes) is 31. The summed E-state index contributed by atoms with van der Waals surface area (Å²) in [6.07, 6.45) is 91.0. The molecule has 0 aliphatic heterocycles. The number of esters is 3. The number of hydrogen-bond acceptors (Lipinski definition) is 6. The predicted molar refractivity (Wildman–Crippen MR) is 343 cm³/mol. The number of ether oxygens (including phenoxy) is 3. The number of hydrogen-bond donors (Lipinski definition) is 0. The summed E-state index contributed by atoms with van der Waals surface area (Å²) in [5.41, 5.74) is 0. The van der Waals surface area contributed by atoms with Crippen LogP contribution in [0.2, 0.25) is 0 Å². The molecule has 6 heteroatoms. The van der Waals surface area contributed by atoms with Crippen LogP contribution in [0.1, 0.15) is 316 Å². The summed E-state index contributed by atoms with van der Waals surface area (Å²) in [6, 6.07) is 0. The molecule has 0 aromatic heterocycles. The SMILES string of the molecule is CC/C=C\C/C=C\C/C=C\C/C=C\CCCCC(=O)OCC(COC(=O)CCCCCCCCCC/C=C\C/C=C\C/C=C\CCCCCCC)OC(=O)CCCCCCCCCCCCC/C=C\C/C=C\CCCCCCC. The van der Waals surface area contributed by atoms with Gasteiger partial charge in [0.1, 0.15) is 13.2 Å². The summed E-state index contributed by atoms with van der Waals surface area (Å²) in [7, 11) is 0. The van der Waals surface area contributed by atoms with Gasteiger partial charge in [0.15, 0.2) is 6.10 Å².